The van der Waals surface area contributed by atoms with E-state index in [1.807, 2.05) is 19.9 Å². The van der Waals surface area contributed by atoms with Crippen molar-refractivity contribution in [2.45, 2.75) is 38.3 Å². The van der Waals surface area contributed by atoms with Gasteiger partial charge in [-0.2, -0.15) is 0 Å². The van der Waals surface area contributed by atoms with Crippen molar-refractivity contribution in [2.24, 2.45) is 0 Å². The first-order valence-corrected chi connectivity index (χ1v) is 6.24. The summed E-state index contributed by atoms with van der Waals surface area (Å²) in [6.07, 6.45) is 1.14. The first-order chi connectivity index (χ1) is 8.16. The minimum absolute atomic E-state index is 0.0821. The largest absolute Gasteiger partial charge is 0.353 e. The number of hydrogen-bond donors (Lipinski definition) is 2. The van der Waals surface area contributed by atoms with Gasteiger partial charge in [-0.25, -0.2) is 0 Å². The molecule has 0 radical (unpaired) electrons. The van der Waals surface area contributed by atoms with E-state index in [9.17, 15) is 4.79 Å². The van der Waals surface area contributed by atoms with Gasteiger partial charge >= 0.3 is 0 Å². The summed E-state index contributed by atoms with van der Waals surface area (Å²) >= 11 is 0. The lowest BCUT2D eigenvalue weighted by Gasteiger charge is -2.09. The van der Waals surface area contributed by atoms with Gasteiger partial charge in [-0.1, -0.05) is 30.3 Å². The third kappa shape index (κ3) is 3.56. The van der Waals surface area contributed by atoms with Crippen LogP contribution >= 0.6 is 0 Å². The van der Waals surface area contributed by atoms with Crippen LogP contribution in [-0.4, -0.2) is 24.5 Å². The van der Waals surface area contributed by atoms with Gasteiger partial charge in [-0.15, -0.1) is 0 Å². The molecule has 0 saturated heterocycles. The molecule has 1 aromatic carbocycles. The third-order valence-corrected chi connectivity index (χ3v) is 2.99. The van der Waals surface area contributed by atoms with Gasteiger partial charge in [0.2, 0.25) is 5.91 Å². The molecule has 0 spiro atoms. The van der Waals surface area contributed by atoms with E-state index in [-0.39, 0.29) is 11.9 Å². The summed E-state index contributed by atoms with van der Waals surface area (Å²) in [6, 6.07) is 11.2. The van der Waals surface area contributed by atoms with Crippen LogP contribution < -0.4 is 10.6 Å². The molecule has 2 atom stereocenters. The maximum absolute atomic E-state index is 11.5. The summed E-state index contributed by atoms with van der Waals surface area (Å²) in [5, 5.41) is 6.18. The Bertz CT molecular complexity index is 375. The minimum atomic E-state index is 0.0821. The van der Waals surface area contributed by atoms with Gasteiger partial charge in [0.05, 0.1) is 6.54 Å². The van der Waals surface area contributed by atoms with E-state index in [4.69, 9.17) is 0 Å². The smallest absolute Gasteiger partial charge is 0.234 e. The van der Waals surface area contributed by atoms with Crippen molar-refractivity contribution in [3.05, 3.63) is 35.9 Å². The maximum Gasteiger partial charge on any atom is 0.234 e. The maximum atomic E-state index is 11.5. The highest BCUT2D eigenvalue weighted by Crippen LogP contribution is 2.40. The summed E-state index contributed by atoms with van der Waals surface area (Å²) < 4.78 is 0. The molecule has 1 aliphatic carbocycles. The molecule has 1 unspecified atom stereocenters. The molecule has 92 valence electrons. The summed E-state index contributed by atoms with van der Waals surface area (Å²) in [4.78, 5) is 11.5. The minimum Gasteiger partial charge on any atom is -0.353 e. The molecule has 3 heteroatoms. The average Bonchev–Trinajstić information content (AvgIpc) is 3.06. The highest BCUT2D eigenvalue weighted by atomic mass is 16.1. The van der Waals surface area contributed by atoms with Crippen molar-refractivity contribution in [3.8, 4) is 0 Å². The van der Waals surface area contributed by atoms with Crippen molar-refractivity contribution < 1.29 is 4.79 Å². The zero-order valence-corrected chi connectivity index (χ0v) is 10.4. The molecule has 0 heterocycles. The molecular weight excluding hydrogens is 212 g/mol. The Hall–Kier alpha value is -1.35. The summed E-state index contributed by atoms with van der Waals surface area (Å²) in [6.45, 7) is 4.37. The van der Waals surface area contributed by atoms with E-state index in [1.54, 1.807) is 0 Å². The highest BCUT2D eigenvalue weighted by Gasteiger charge is 2.37. The van der Waals surface area contributed by atoms with Crippen molar-refractivity contribution in [1.82, 2.24) is 10.6 Å². The number of nitrogens with one attached hydrogen (secondary N) is 2. The van der Waals surface area contributed by atoms with Gasteiger partial charge in [-0.3, -0.25) is 4.79 Å². The standard InChI is InChI=1S/C14H20N2O/c1-10(2)16-14(17)9-15-13-8-12(13)11-6-4-3-5-7-11/h3-7,10,12-13,15H,8-9H2,1-2H3,(H,16,17)/t12?,13-/m0/s1. The normalized spacial score (nSPS) is 22.5. The number of carbonyl (C=O) groups excluding carboxylic acids is 1. The lowest BCUT2D eigenvalue weighted by atomic mass is 10.1. The van der Waals surface area contributed by atoms with E-state index < -0.39 is 0 Å². The van der Waals surface area contributed by atoms with E-state index in [0.717, 1.165) is 6.42 Å². The van der Waals surface area contributed by atoms with Crippen LogP contribution in [0.15, 0.2) is 30.3 Å². The predicted octanol–water partition coefficient (Wildman–Crippen LogP) is 1.66. The van der Waals surface area contributed by atoms with Gasteiger partial charge in [0.25, 0.3) is 0 Å². The quantitative estimate of drug-likeness (QED) is 0.810. The van der Waals surface area contributed by atoms with Gasteiger partial charge in [0, 0.05) is 18.0 Å². The molecule has 0 aliphatic heterocycles. The Kier molecular flexibility index (Phi) is 3.79. The van der Waals surface area contributed by atoms with Crippen LogP contribution in [0, 0.1) is 0 Å². The van der Waals surface area contributed by atoms with Crippen LogP contribution in [0.3, 0.4) is 0 Å². The van der Waals surface area contributed by atoms with E-state index >= 15 is 0 Å². The molecular formula is C14H20N2O. The Labute approximate surface area is 103 Å². The lowest BCUT2D eigenvalue weighted by molar-refractivity contribution is -0.120. The van der Waals surface area contributed by atoms with Crippen molar-refractivity contribution in [3.63, 3.8) is 0 Å². The Morgan fingerprint density at radius 3 is 2.71 bits per heavy atom. The van der Waals surface area contributed by atoms with Crippen LogP contribution in [0.1, 0.15) is 31.7 Å². The Morgan fingerprint density at radius 1 is 1.35 bits per heavy atom. The fraction of sp³-hybridized carbons (Fsp3) is 0.500. The molecule has 1 aliphatic rings. The molecule has 0 bridgehead atoms. The zero-order chi connectivity index (χ0) is 12.3. The number of rotatable bonds is 5. The van der Waals surface area contributed by atoms with E-state index in [0.29, 0.717) is 18.5 Å². The monoisotopic (exact) mass is 232 g/mol. The van der Waals surface area contributed by atoms with Crippen LogP contribution in [0.5, 0.6) is 0 Å². The Morgan fingerprint density at radius 2 is 2.06 bits per heavy atom. The van der Waals surface area contributed by atoms with Crippen molar-refractivity contribution in [1.29, 1.82) is 0 Å². The first kappa shape index (κ1) is 12.1. The number of benzene rings is 1. The zero-order valence-electron chi connectivity index (χ0n) is 10.4. The van der Waals surface area contributed by atoms with Crippen LogP contribution in [-0.2, 0) is 4.79 Å². The SMILES string of the molecule is CC(C)NC(=O)CN[C@H]1CC1c1ccccc1. The van der Waals surface area contributed by atoms with Crippen molar-refractivity contribution in [2.75, 3.05) is 6.54 Å². The van der Waals surface area contributed by atoms with E-state index in [1.165, 1.54) is 5.56 Å². The number of amides is 1. The van der Waals surface area contributed by atoms with Crippen LogP contribution in [0.25, 0.3) is 0 Å². The van der Waals surface area contributed by atoms with E-state index in [2.05, 4.69) is 34.9 Å². The molecule has 2 N–H and O–H groups in total. The van der Waals surface area contributed by atoms with Gasteiger partial charge in [0.15, 0.2) is 0 Å². The molecule has 17 heavy (non-hydrogen) atoms. The van der Waals surface area contributed by atoms with Gasteiger partial charge in [-0.05, 0) is 25.8 Å². The van der Waals surface area contributed by atoms with Gasteiger partial charge < -0.3 is 10.6 Å². The predicted molar refractivity (Wildman–Crippen MR) is 68.9 cm³/mol. The molecule has 0 aromatic heterocycles. The second-order valence-electron chi connectivity index (χ2n) is 4.96. The summed E-state index contributed by atoms with van der Waals surface area (Å²) in [5.74, 6) is 0.668. The lowest BCUT2D eigenvalue weighted by Crippen LogP contribution is -2.38. The summed E-state index contributed by atoms with van der Waals surface area (Å²) in [5.41, 5.74) is 1.37. The molecule has 2 rings (SSSR count). The molecule has 1 fully saturated rings. The average molecular weight is 232 g/mol. The summed E-state index contributed by atoms with van der Waals surface area (Å²) in [7, 11) is 0. The second kappa shape index (κ2) is 5.32. The molecule has 1 saturated carbocycles. The fourth-order valence-electron chi connectivity index (χ4n) is 2.09. The van der Waals surface area contributed by atoms with Crippen LogP contribution in [0.4, 0.5) is 0 Å². The fourth-order valence-corrected chi connectivity index (χ4v) is 2.09. The Balaban J connectivity index is 1.72. The topological polar surface area (TPSA) is 41.1 Å². The highest BCUT2D eigenvalue weighted by molar-refractivity contribution is 5.78. The number of hydrogen-bond acceptors (Lipinski definition) is 2. The van der Waals surface area contributed by atoms with Gasteiger partial charge in [0.1, 0.15) is 0 Å². The van der Waals surface area contributed by atoms with Crippen molar-refractivity contribution >= 4 is 5.91 Å². The molecule has 1 aromatic rings. The first-order valence-electron chi connectivity index (χ1n) is 6.24. The molecule has 1 amide bonds. The number of carbonyl (C=O) groups is 1. The van der Waals surface area contributed by atoms with Crippen LogP contribution in [0.2, 0.25) is 0 Å². The molecule has 3 nitrogen and oxygen atoms in total. The second-order valence-corrected chi connectivity index (χ2v) is 4.96. The third-order valence-electron chi connectivity index (χ3n) is 2.99.